The topological polar surface area (TPSA) is 32.3 Å². The van der Waals surface area contributed by atoms with Crippen LogP contribution >= 0.6 is 11.6 Å². The molecule has 1 fully saturated rings. The molecule has 110 valence electrons. The zero-order valence-corrected chi connectivity index (χ0v) is 13.2. The van der Waals surface area contributed by atoms with Crippen LogP contribution in [0.1, 0.15) is 38.7 Å². The number of carbonyl (C=O) groups is 1. The number of piperidine rings is 1. The van der Waals surface area contributed by atoms with Crippen LogP contribution in [0.4, 0.5) is 5.69 Å². The van der Waals surface area contributed by atoms with Gasteiger partial charge in [-0.25, -0.2) is 0 Å². The summed E-state index contributed by atoms with van der Waals surface area (Å²) in [6, 6.07) is 6.58. The minimum atomic E-state index is 0.0156. The van der Waals surface area contributed by atoms with Crippen molar-refractivity contribution in [2.45, 2.75) is 52.1 Å². The normalized spacial score (nSPS) is 23.6. The highest BCUT2D eigenvalue weighted by Crippen LogP contribution is 2.26. The Morgan fingerprint density at radius 3 is 2.60 bits per heavy atom. The Morgan fingerprint density at radius 1 is 1.35 bits per heavy atom. The SMILES string of the molecule is Cc1cccc(Cl)c1NC(=O)CN1C(C)CCCC1C. The summed E-state index contributed by atoms with van der Waals surface area (Å²) in [6.45, 7) is 6.79. The Morgan fingerprint density at radius 2 is 2.00 bits per heavy atom. The number of nitrogens with one attached hydrogen (secondary N) is 1. The van der Waals surface area contributed by atoms with Crippen LogP contribution in [0.3, 0.4) is 0 Å². The minimum Gasteiger partial charge on any atom is -0.323 e. The van der Waals surface area contributed by atoms with Gasteiger partial charge in [-0.1, -0.05) is 30.2 Å². The molecule has 20 heavy (non-hydrogen) atoms. The summed E-state index contributed by atoms with van der Waals surface area (Å²) in [6.07, 6.45) is 3.59. The van der Waals surface area contributed by atoms with Gasteiger partial charge in [0.2, 0.25) is 5.91 Å². The predicted molar refractivity (Wildman–Crippen MR) is 84.3 cm³/mol. The van der Waals surface area contributed by atoms with Crippen molar-refractivity contribution < 1.29 is 4.79 Å². The van der Waals surface area contributed by atoms with E-state index in [-0.39, 0.29) is 5.91 Å². The molecular weight excluding hydrogens is 272 g/mol. The highest BCUT2D eigenvalue weighted by Gasteiger charge is 2.26. The van der Waals surface area contributed by atoms with Gasteiger partial charge in [0.15, 0.2) is 0 Å². The van der Waals surface area contributed by atoms with Gasteiger partial charge < -0.3 is 5.32 Å². The fourth-order valence-electron chi connectivity index (χ4n) is 2.92. The number of rotatable bonds is 3. The first-order valence-electron chi connectivity index (χ1n) is 7.29. The lowest BCUT2D eigenvalue weighted by molar-refractivity contribution is -0.118. The van der Waals surface area contributed by atoms with Crippen molar-refractivity contribution in [3.8, 4) is 0 Å². The van der Waals surface area contributed by atoms with E-state index >= 15 is 0 Å². The molecule has 1 saturated heterocycles. The van der Waals surface area contributed by atoms with Crippen molar-refractivity contribution in [1.82, 2.24) is 4.90 Å². The largest absolute Gasteiger partial charge is 0.323 e. The number of halogens is 1. The quantitative estimate of drug-likeness (QED) is 0.918. The molecule has 1 aromatic rings. The van der Waals surface area contributed by atoms with Crippen molar-refractivity contribution >= 4 is 23.2 Å². The molecule has 0 saturated carbocycles. The summed E-state index contributed by atoms with van der Waals surface area (Å²) < 4.78 is 0. The van der Waals surface area contributed by atoms with Gasteiger partial charge in [-0.15, -0.1) is 0 Å². The molecule has 3 nitrogen and oxygen atoms in total. The van der Waals surface area contributed by atoms with Crippen LogP contribution in [-0.4, -0.2) is 29.4 Å². The van der Waals surface area contributed by atoms with Crippen LogP contribution in [0.5, 0.6) is 0 Å². The first-order valence-corrected chi connectivity index (χ1v) is 7.67. The zero-order chi connectivity index (χ0) is 14.7. The van der Waals surface area contributed by atoms with Gasteiger partial charge in [-0.05, 0) is 45.2 Å². The molecule has 2 rings (SSSR count). The number of likely N-dealkylation sites (tertiary alicyclic amines) is 1. The maximum Gasteiger partial charge on any atom is 0.238 e. The first-order chi connectivity index (χ1) is 9.49. The molecule has 2 unspecified atom stereocenters. The third-order valence-electron chi connectivity index (χ3n) is 4.19. The van der Waals surface area contributed by atoms with E-state index in [0.29, 0.717) is 23.7 Å². The number of anilines is 1. The fourth-order valence-corrected chi connectivity index (χ4v) is 3.19. The van der Waals surface area contributed by atoms with E-state index in [9.17, 15) is 4.79 Å². The number of aryl methyl sites for hydroxylation is 1. The molecule has 4 heteroatoms. The molecule has 1 aliphatic rings. The second kappa shape index (κ2) is 6.59. The molecular formula is C16H23ClN2O. The summed E-state index contributed by atoms with van der Waals surface area (Å²) in [5, 5.41) is 3.55. The number of para-hydroxylation sites is 1. The van der Waals surface area contributed by atoms with Crippen molar-refractivity contribution in [3.63, 3.8) is 0 Å². The molecule has 1 heterocycles. The Labute approximate surface area is 126 Å². The lowest BCUT2D eigenvalue weighted by atomic mass is 9.97. The van der Waals surface area contributed by atoms with Crippen LogP contribution < -0.4 is 5.32 Å². The highest BCUT2D eigenvalue weighted by molar-refractivity contribution is 6.33. The minimum absolute atomic E-state index is 0.0156. The molecule has 1 amide bonds. The van der Waals surface area contributed by atoms with Crippen molar-refractivity contribution in [2.75, 3.05) is 11.9 Å². The third-order valence-corrected chi connectivity index (χ3v) is 4.50. The smallest absolute Gasteiger partial charge is 0.238 e. The van der Waals surface area contributed by atoms with Gasteiger partial charge in [0.25, 0.3) is 0 Å². The Bertz CT molecular complexity index is 459. The molecule has 0 bridgehead atoms. The van der Waals surface area contributed by atoms with Gasteiger partial charge in [0.1, 0.15) is 0 Å². The Hall–Kier alpha value is -1.06. The molecule has 1 aliphatic heterocycles. The molecule has 2 atom stereocenters. The number of hydrogen-bond acceptors (Lipinski definition) is 2. The maximum absolute atomic E-state index is 12.3. The summed E-state index contributed by atoms with van der Waals surface area (Å²) >= 11 is 6.15. The summed E-state index contributed by atoms with van der Waals surface area (Å²) in [5.74, 6) is 0.0156. The van der Waals surface area contributed by atoms with Gasteiger partial charge in [0, 0.05) is 12.1 Å². The van der Waals surface area contributed by atoms with Crippen LogP contribution in [0, 0.1) is 6.92 Å². The van der Waals surface area contributed by atoms with Crippen LogP contribution in [0.2, 0.25) is 5.02 Å². The summed E-state index contributed by atoms with van der Waals surface area (Å²) in [4.78, 5) is 14.5. The van der Waals surface area contributed by atoms with E-state index in [1.54, 1.807) is 6.07 Å². The van der Waals surface area contributed by atoms with Crippen molar-refractivity contribution in [2.24, 2.45) is 0 Å². The van der Waals surface area contributed by atoms with Gasteiger partial charge in [0.05, 0.1) is 17.3 Å². The zero-order valence-electron chi connectivity index (χ0n) is 12.4. The lowest BCUT2D eigenvalue weighted by Gasteiger charge is -2.38. The summed E-state index contributed by atoms with van der Waals surface area (Å²) in [5.41, 5.74) is 1.72. The van der Waals surface area contributed by atoms with Gasteiger partial charge in [-0.3, -0.25) is 9.69 Å². The van der Waals surface area contributed by atoms with E-state index in [1.807, 2.05) is 19.1 Å². The first kappa shape index (κ1) is 15.3. The van der Waals surface area contributed by atoms with Crippen LogP contribution in [0.15, 0.2) is 18.2 Å². The average molecular weight is 295 g/mol. The van der Waals surface area contributed by atoms with Crippen molar-refractivity contribution in [1.29, 1.82) is 0 Å². The second-order valence-electron chi connectivity index (χ2n) is 5.78. The van der Waals surface area contributed by atoms with E-state index in [1.165, 1.54) is 19.3 Å². The number of carbonyl (C=O) groups excluding carboxylic acids is 1. The van der Waals surface area contributed by atoms with Crippen molar-refractivity contribution in [3.05, 3.63) is 28.8 Å². The molecule has 0 aliphatic carbocycles. The lowest BCUT2D eigenvalue weighted by Crippen LogP contribution is -2.47. The second-order valence-corrected chi connectivity index (χ2v) is 6.19. The molecule has 0 radical (unpaired) electrons. The Kier molecular flexibility index (Phi) is 5.06. The van der Waals surface area contributed by atoms with E-state index < -0.39 is 0 Å². The molecule has 1 N–H and O–H groups in total. The van der Waals surface area contributed by atoms with Gasteiger partial charge >= 0.3 is 0 Å². The summed E-state index contributed by atoms with van der Waals surface area (Å²) in [7, 11) is 0. The van der Waals surface area contributed by atoms with E-state index in [2.05, 4.69) is 24.1 Å². The number of hydrogen-bond donors (Lipinski definition) is 1. The monoisotopic (exact) mass is 294 g/mol. The standard InChI is InChI=1S/C16H23ClN2O/c1-11-6-4-9-14(17)16(11)18-15(20)10-19-12(2)7-5-8-13(19)3/h4,6,9,12-13H,5,7-8,10H2,1-3H3,(H,18,20). The molecule has 1 aromatic carbocycles. The number of benzene rings is 1. The maximum atomic E-state index is 12.3. The Balaban J connectivity index is 2.02. The third kappa shape index (κ3) is 3.53. The fraction of sp³-hybridized carbons (Fsp3) is 0.562. The molecule has 0 aromatic heterocycles. The van der Waals surface area contributed by atoms with Crippen LogP contribution in [-0.2, 0) is 4.79 Å². The van der Waals surface area contributed by atoms with Gasteiger partial charge in [-0.2, -0.15) is 0 Å². The van der Waals surface area contributed by atoms with E-state index in [0.717, 1.165) is 11.3 Å². The number of nitrogens with zero attached hydrogens (tertiary/aromatic N) is 1. The van der Waals surface area contributed by atoms with Crippen LogP contribution in [0.25, 0.3) is 0 Å². The molecule has 0 spiro atoms. The predicted octanol–water partition coefficient (Wildman–Crippen LogP) is 3.85. The van der Waals surface area contributed by atoms with E-state index in [4.69, 9.17) is 11.6 Å². The average Bonchev–Trinajstić information content (AvgIpc) is 2.39. The number of amides is 1. The highest BCUT2D eigenvalue weighted by atomic mass is 35.5.